The van der Waals surface area contributed by atoms with Crippen LogP contribution in [0.25, 0.3) is 0 Å². The molecule has 0 aliphatic carbocycles. The normalized spacial score (nSPS) is 15.5. The average Bonchev–Trinajstić information content (AvgIpc) is 2.27. The van der Waals surface area contributed by atoms with Crippen molar-refractivity contribution in [1.29, 1.82) is 0 Å². The Bertz CT molecular complexity index is 387. The fourth-order valence-electron chi connectivity index (χ4n) is 1.66. The number of aliphatic hydroxyl groups is 1. The van der Waals surface area contributed by atoms with Gasteiger partial charge in [-0.1, -0.05) is 15.9 Å². The zero-order chi connectivity index (χ0) is 12.3. The molecular formula is C12H14BrNO3. The number of ether oxygens (including phenoxy) is 1. The quantitative estimate of drug-likeness (QED) is 0.911. The minimum absolute atomic E-state index is 0.0300. The Labute approximate surface area is 108 Å². The molecule has 1 amide bonds. The van der Waals surface area contributed by atoms with Crippen LogP contribution < -0.4 is 4.74 Å². The average molecular weight is 300 g/mol. The number of carbonyl (C=O) groups is 1. The first-order valence-electron chi connectivity index (χ1n) is 5.46. The molecule has 17 heavy (non-hydrogen) atoms. The smallest absolute Gasteiger partial charge is 0.260 e. The van der Waals surface area contributed by atoms with Gasteiger partial charge in [0.05, 0.1) is 0 Å². The first-order valence-corrected chi connectivity index (χ1v) is 6.25. The molecule has 1 fully saturated rings. The number of amides is 1. The first-order chi connectivity index (χ1) is 8.19. The van der Waals surface area contributed by atoms with Gasteiger partial charge in [0.15, 0.2) is 6.61 Å². The van der Waals surface area contributed by atoms with Crippen LogP contribution in [0.5, 0.6) is 5.75 Å². The van der Waals surface area contributed by atoms with Gasteiger partial charge in [0.1, 0.15) is 5.75 Å². The molecule has 1 aliphatic heterocycles. The summed E-state index contributed by atoms with van der Waals surface area (Å²) in [5.74, 6) is 0.894. The minimum Gasteiger partial charge on any atom is -0.484 e. The lowest BCUT2D eigenvalue weighted by Crippen LogP contribution is -2.52. The Balaban J connectivity index is 1.75. The number of hydrogen-bond donors (Lipinski definition) is 1. The van der Waals surface area contributed by atoms with Gasteiger partial charge in [-0.25, -0.2) is 0 Å². The molecule has 0 saturated carbocycles. The molecule has 1 saturated heterocycles. The largest absolute Gasteiger partial charge is 0.484 e. The van der Waals surface area contributed by atoms with Crippen molar-refractivity contribution in [3.8, 4) is 5.75 Å². The van der Waals surface area contributed by atoms with Crippen molar-refractivity contribution < 1.29 is 14.6 Å². The van der Waals surface area contributed by atoms with E-state index in [9.17, 15) is 4.79 Å². The third kappa shape index (κ3) is 3.20. The fourth-order valence-corrected chi connectivity index (χ4v) is 1.92. The van der Waals surface area contributed by atoms with Crippen molar-refractivity contribution in [2.45, 2.75) is 0 Å². The molecule has 2 rings (SSSR count). The molecule has 92 valence electrons. The highest BCUT2D eigenvalue weighted by molar-refractivity contribution is 9.10. The lowest BCUT2D eigenvalue weighted by molar-refractivity contribution is -0.140. The van der Waals surface area contributed by atoms with E-state index < -0.39 is 0 Å². The summed E-state index contributed by atoms with van der Waals surface area (Å²) >= 11 is 3.33. The van der Waals surface area contributed by atoms with Gasteiger partial charge in [-0.05, 0) is 24.3 Å². The van der Waals surface area contributed by atoms with Crippen LogP contribution in [0.3, 0.4) is 0 Å². The maximum atomic E-state index is 11.6. The standard InChI is InChI=1S/C12H14BrNO3/c13-10-1-3-11(4-2-10)17-8-12(16)14-5-9(6-14)7-15/h1-4,9,15H,5-8H2. The third-order valence-corrected chi connectivity index (χ3v) is 3.27. The van der Waals surface area contributed by atoms with E-state index >= 15 is 0 Å². The van der Waals surface area contributed by atoms with Crippen LogP contribution in [-0.4, -0.2) is 42.2 Å². The molecule has 0 radical (unpaired) electrons. The molecule has 0 unspecified atom stereocenters. The van der Waals surface area contributed by atoms with Crippen molar-refractivity contribution in [3.63, 3.8) is 0 Å². The minimum atomic E-state index is -0.0300. The monoisotopic (exact) mass is 299 g/mol. The number of rotatable bonds is 4. The Morgan fingerprint density at radius 3 is 2.65 bits per heavy atom. The van der Waals surface area contributed by atoms with Crippen LogP contribution in [0.1, 0.15) is 0 Å². The lowest BCUT2D eigenvalue weighted by atomic mass is 10.0. The molecule has 1 aromatic carbocycles. The molecule has 1 aromatic rings. The number of likely N-dealkylation sites (tertiary alicyclic amines) is 1. The second kappa shape index (κ2) is 5.51. The van der Waals surface area contributed by atoms with Crippen molar-refractivity contribution in [2.75, 3.05) is 26.3 Å². The molecule has 0 bridgehead atoms. The number of hydrogen-bond acceptors (Lipinski definition) is 3. The molecule has 1 N–H and O–H groups in total. The number of nitrogens with zero attached hydrogens (tertiary/aromatic N) is 1. The molecule has 1 aliphatic rings. The highest BCUT2D eigenvalue weighted by Crippen LogP contribution is 2.17. The van der Waals surface area contributed by atoms with Crippen LogP contribution in [0.4, 0.5) is 0 Å². The highest BCUT2D eigenvalue weighted by Gasteiger charge is 2.29. The second-order valence-corrected chi connectivity index (χ2v) is 5.01. The molecule has 4 nitrogen and oxygen atoms in total. The van der Waals surface area contributed by atoms with E-state index in [1.54, 1.807) is 4.90 Å². The molecule has 0 aromatic heterocycles. The molecule has 0 spiro atoms. The predicted octanol–water partition coefficient (Wildman–Crippen LogP) is 1.28. The van der Waals surface area contributed by atoms with E-state index in [1.807, 2.05) is 24.3 Å². The number of halogens is 1. The second-order valence-electron chi connectivity index (χ2n) is 4.09. The maximum Gasteiger partial charge on any atom is 0.260 e. The van der Waals surface area contributed by atoms with Gasteiger partial charge >= 0.3 is 0 Å². The Kier molecular flexibility index (Phi) is 4.02. The van der Waals surface area contributed by atoms with Crippen molar-refractivity contribution >= 4 is 21.8 Å². The number of aliphatic hydroxyl groups excluding tert-OH is 1. The summed E-state index contributed by atoms with van der Waals surface area (Å²) < 4.78 is 6.35. The molecule has 0 atom stereocenters. The summed E-state index contributed by atoms with van der Waals surface area (Å²) in [6, 6.07) is 7.35. The predicted molar refractivity (Wildman–Crippen MR) is 66.8 cm³/mol. The van der Waals surface area contributed by atoms with Gasteiger partial charge in [-0.3, -0.25) is 4.79 Å². The van der Waals surface area contributed by atoms with Crippen LogP contribution in [0.15, 0.2) is 28.7 Å². The van der Waals surface area contributed by atoms with Crippen LogP contribution in [0.2, 0.25) is 0 Å². The maximum absolute atomic E-state index is 11.6. The molecule has 1 heterocycles. The molecular weight excluding hydrogens is 286 g/mol. The van der Waals surface area contributed by atoms with Crippen molar-refractivity contribution in [1.82, 2.24) is 4.90 Å². The van der Waals surface area contributed by atoms with E-state index in [0.29, 0.717) is 18.8 Å². The summed E-state index contributed by atoms with van der Waals surface area (Å²) in [4.78, 5) is 13.3. The van der Waals surface area contributed by atoms with Gasteiger partial charge in [-0.2, -0.15) is 0 Å². The van der Waals surface area contributed by atoms with Gasteiger partial charge in [0.25, 0.3) is 5.91 Å². The Morgan fingerprint density at radius 2 is 2.06 bits per heavy atom. The Hall–Kier alpha value is -1.07. The summed E-state index contributed by atoms with van der Waals surface area (Å²) in [7, 11) is 0. The van der Waals surface area contributed by atoms with Crippen molar-refractivity contribution in [2.24, 2.45) is 5.92 Å². The summed E-state index contributed by atoms with van der Waals surface area (Å²) in [5, 5.41) is 8.85. The zero-order valence-electron chi connectivity index (χ0n) is 9.30. The Morgan fingerprint density at radius 1 is 1.41 bits per heavy atom. The zero-order valence-corrected chi connectivity index (χ0v) is 10.9. The SMILES string of the molecule is O=C(COc1ccc(Br)cc1)N1CC(CO)C1. The van der Waals surface area contributed by atoms with Gasteiger partial charge in [0, 0.05) is 30.1 Å². The summed E-state index contributed by atoms with van der Waals surface area (Å²) in [6.07, 6.45) is 0. The van der Waals surface area contributed by atoms with Gasteiger partial charge in [-0.15, -0.1) is 0 Å². The van der Waals surface area contributed by atoms with E-state index in [1.165, 1.54) is 0 Å². The fraction of sp³-hybridized carbons (Fsp3) is 0.417. The highest BCUT2D eigenvalue weighted by atomic mass is 79.9. The number of benzene rings is 1. The summed E-state index contributed by atoms with van der Waals surface area (Å²) in [6.45, 7) is 1.48. The van der Waals surface area contributed by atoms with Crippen LogP contribution >= 0.6 is 15.9 Å². The third-order valence-electron chi connectivity index (χ3n) is 2.74. The van der Waals surface area contributed by atoms with E-state index in [2.05, 4.69) is 15.9 Å². The van der Waals surface area contributed by atoms with Crippen LogP contribution in [0, 0.1) is 5.92 Å². The van der Waals surface area contributed by atoms with E-state index in [0.717, 1.165) is 4.47 Å². The van der Waals surface area contributed by atoms with E-state index in [4.69, 9.17) is 9.84 Å². The number of carbonyl (C=O) groups excluding carboxylic acids is 1. The van der Waals surface area contributed by atoms with Gasteiger partial charge in [0.2, 0.25) is 0 Å². The molecule has 5 heteroatoms. The topological polar surface area (TPSA) is 49.8 Å². The van der Waals surface area contributed by atoms with E-state index in [-0.39, 0.29) is 25.0 Å². The van der Waals surface area contributed by atoms with Crippen LogP contribution in [-0.2, 0) is 4.79 Å². The van der Waals surface area contributed by atoms with Crippen molar-refractivity contribution in [3.05, 3.63) is 28.7 Å². The lowest BCUT2D eigenvalue weighted by Gasteiger charge is -2.38. The first kappa shape index (κ1) is 12.4. The summed E-state index contributed by atoms with van der Waals surface area (Å²) in [5.41, 5.74) is 0. The van der Waals surface area contributed by atoms with Gasteiger partial charge < -0.3 is 14.7 Å².